The van der Waals surface area contributed by atoms with Crippen molar-refractivity contribution in [3.05, 3.63) is 12.7 Å². The Labute approximate surface area is 169 Å². The molecular weight excluding hydrogens is 315 g/mol. The van der Waals surface area contributed by atoms with Gasteiger partial charge in [0.2, 0.25) is 0 Å². The number of rotatable bonds is 16. The number of hydrogen-bond donors (Lipinski definition) is 0. The fourth-order valence-corrected chi connectivity index (χ4v) is 2.49. The van der Waals surface area contributed by atoms with E-state index in [1.165, 1.54) is 51.4 Å². The minimum atomic E-state index is -1.23. The summed E-state index contributed by atoms with van der Waals surface area (Å²) in [5.74, 6) is -1.72. The van der Waals surface area contributed by atoms with Gasteiger partial charge in [-0.05, 0) is 19.3 Å². The number of ether oxygens (including phenoxy) is 1. The molecule has 0 aliphatic carbocycles. The van der Waals surface area contributed by atoms with Crippen molar-refractivity contribution in [3.63, 3.8) is 0 Å². The van der Waals surface area contributed by atoms with Crippen LogP contribution in [0.2, 0.25) is 0 Å². The van der Waals surface area contributed by atoms with E-state index in [0.29, 0.717) is 0 Å². The smallest absolute Gasteiger partial charge is 0.550 e. The van der Waals surface area contributed by atoms with Crippen LogP contribution in [-0.4, -0.2) is 18.0 Å². The molecule has 134 valence electrons. The second-order valence-corrected chi connectivity index (χ2v) is 6.11. The summed E-state index contributed by atoms with van der Waals surface area (Å²) in [6.45, 7) is 5.90. The van der Waals surface area contributed by atoms with Crippen LogP contribution < -0.4 is 34.7 Å². The molecule has 4 nitrogen and oxygen atoms in total. The van der Waals surface area contributed by atoms with Gasteiger partial charge in [-0.25, -0.2) is 0 Å². The van der Waals surface area contributed by atoms with E-state index in [4.69, 9.17) is 4.74 Å². The van der Waals surface area contributed by atoms with Crippen LogP contribution in [0.5, 0.6) is 0 Å². The van der Waals surface area contributed by atoms with Crippen molar-refractivity contribution >= 4 is 11.9 Å². The maximum atomic E-state index is 11.4. The van der Waals surface area contributed by atoms with Gasteiger partial charge < -0.3 is 14.6 Å². The molecule has 0 amide bonds. The van der Waals surface area contributed by atoms with Crippen molar-refractivity contribution in [1.82, 2.24) is 0 Å². The van der Waals surface area contributed by atoms with Crippen LogP contribution in [0.25, 0.3) is 0 Å². The largest absolute Gasteiger partial charge is 1.00 e. The normalized spacial score (nSPS) is 11.4. The van der Waals surface area contributed by atoms with E-state index in [2.05, 4.69) is 13.5 Å². The van der Waals surface area contributed by atoms with Gasteiger partial charge >= 0.3 is 35.5 Å². The van der Waals surface area contributed by atoms with Crippen molar-refractivity contribution in [3.8, 4) is 0 Å². The molecule has 0 aliphatic rings. The van der Waals surface area contributed by atoms with E-state index in [1.54, 1.807) is 6.08 Å². The third-order valence-corrected chi connectivity index (χ3v) is 3.92. The van der Waals surface area contributed by atoms with Crippen LogP contribution in [-0.2, 0) is 14.3 Å². The monoisotopic (exact) mass is 348 g/mol. The molecule has 0 aromatic heterocycles. The molecule has 0 aromatic rings. The second kappa shape index (κ2) is 19.0. The number of unbranched alkanes of at least 4 members (excludes halogenated alkanes) is 9. The second-order valence-electron chi connectivity index (χ2n) is 6.11. The summed E-state index contributed by atoms with van der Waals surface area (Å²) in [5.41, 5.74) is 0. The van der Waals surface area contributed by atoms with Gasteiger partial charge in [0.1, 0.15) is 6.10 Å². The first-order valence-electron chi connectivity index (χ1n) is 9.12. The van der Waals surface area contributed by atoms with Crippen LogP contribution in [0.3, 0.4) is 0 Å². The van der Waals surface area contributed by atoms with Crippen molar-refractivity contribution in [2.75, 3.05) is 0 Å². The molecule has 0 aliphatic heterocycles. The van der Waals surface area contributed by atoms with Crippen molar-refractivity contribution in [1.29, 1.82) is 0 Å². The summed E-state index contributed by atoms with van der Waals surface area (Å²) in [5, 5.41) is 10.3. The van der Waals surface area contributed by atoms with Gasteiger partial charge in [0.15, 0.2) is 0 Å². The molecule has 0 N–H and O–H groups in total. The molecule has 0 spiro atoms. The zero-order valence-corrected chi connectivity index (χ0v) is 17.7. The summed E-state index contributed by atoms with van der Waals surface area (Å²) in [7, 11) is 0. The Kier molecular flexibility index (Phi) is 20.5. The molecule has 1 atom stereocenters. The third kappa shape index (κ3) is 18.0. The van der Waals surface area contributed by atoms with E-state index in [-0.39, 0.29) is 48.5 Å². The zero-order chi connectivity index (χ0) is 17.3. The van der Waals surface area contributed by atoms with E-state index in [9.17, 15) is 14.7 Å². The molecule has 5 heteroatoms. The number of hydrogen-bond acceptors (Lipinski definition) is 4. The van der Waals surface area contributed by atoms with Crippen LogP contribution in [0.4, 0.5) is 0 Å². The third-order valence-electron chi connectivity index (χ3n) is 3.92. The Bertz CT molecular complexity index is 331. The van der Waals surface area contributed by atoms with Crippen molar-refractivity contribution in [2.24, 2.45) is 0 Å². The van der Waals surface area contributed by atoms with Gasteiger partial charge in [0, 0.05) is 5.97 Å². The number of aliphatic carboxylic acids is 1. The summed E-state index contributed by atoms with van der Waals surface area (Å²) >= 11 is 0. The Morgan fingerprint density at radius 3 is 1.92 bits per heavy atom. The van der Waals surface area contributed by atoms with Crippen molar-refractivity contribution < 1.29 is 49.0 Å². The number of carboxylic acid groups (broad SMARTS) is 1. The molecule has 0 fully saturated rings. The molecule has 0 saturated carbocycles. The average molecular weight is 348 g/mol. The molecule has 0 heterocycles. The number of esters is 1. The van der Waals surface area contributed by atoms with Gasteiger partial charge in [-0.3, -0.25) is 4.79 Å². The molecule has 0 aromatic carbocycles. The Morgan fingerprint density at radius 1 is 0.958 bits per heavy atom. The maximum absolute atomic E-state index is 11.4. The van der Waals surface area contributed by atoms with Crippen LogP contribution in [0, 0.1) is 0 Å². The molecule has 1 unspecified atom stereocenters. The number of carbonyl (C=O) groups is 2. The van der Waals surface area contributed by atoms with Crippen molar-refractivity contribution in [2.45, 2.75) is 96.5 Å². The number of carbonyl (C=O) groups excluding carboxylic acids is 2. The fourth-order valence-electron chi connectivity index (χ4n) is 2.49. The topological polar surface area (TPSA) is 66.4 Å². The standard InChI is InChI=1S/C19H34O4.Na/c1-3-5-6-7-8-9-10-11-12-13-14-17(4-2)23-19(22)16-15-18(20)21;/h4,17H,2-3,5-16H2,1H3,(H,20,21);/q;+1/p-1. The summed E-state index contributed by atoms with van der Waals surface area (Å²) in [4.78, 5) is 21.7. The maximum Gasteiger partial charge on any atom is 1.00 e. The summed E-state index contributed by atoms with van der Waals surface area (Å²) in [6.07, 6.45) is 14.3. The van der Waals surface area contributed by atoms with Gasteiger partial charge in [0.05, 0.1) is 6.42 Å². The molecule has 0 radical (unpaired) electrons. The zero-order valence-electron chi connectivity index (χ0n) is 15.7. The van der Waals surface area contributed by atoms with Crippen LogP contribution in [0.15, 0.2) is 12.7 Å². The molecule has 0 rings (SSSR count). The van der Waals surface area contributed by atoms with Crippen LogP contribution >= 0.6 is 0 Å². The van der Waals surface area contributed by atoms with E-state index >= 15 is 0 Å². The van der Waals surface area contributed by atoms with Gasteiger partial charge in [0.25, 0.3) is 0 Å². The summed E-state index contributed by atoms with van der Waals surface area (Å²) < 4.78 is 5.18. The Balaban J connectivity index is 0. The molecular formula is C19H33NaO4. The van der Waals surface area contributed by atoms with Gasteiger partial charge in [-0.1, -0.05) is 77.4 Å². The molecule has 0 bridgehead atoms. The molecule has 0 saturated heterocycles. The Morgan fingerprint density at radius 2 is 1.46 bits per heavy atom. The minimum absolute atomic E-state index is 0. The summed E-state index contributed by atoms with van der Waals surface area (Å²) in [6, 6.07) is 0. The average Bonchev–Trinajstić information content (AvgIpc) is 2.53. The Hall–Kier alpha value is -0.320. The predicted octanol–water partition coefficient (Wildman–Crippen LogP) is 0.929. The quantitative estimate of drug-likeness (QED) is 0.180. The van der Waals surface area contributed by atoms with Gasteiger partial charge in [-0.15, -0.1) is 0 Å². The minimum Gasteiger partial charge on any atom is -0.550 e. The first-order chi connectivity index (χ1) is 11.1. The fraction of sp³-hybridized carbons (Fsp3) is 0.789. The first kappa shape index (κ1) is 25.9. The SMILES string of the molecule is C=CC(CCCCCCCCCCCC)OC(=O)CCC(=O)[O-].[Na+]. The van der Waals surface area contributed by atoms with E-state index in [0.717, 1.165) is 19.3 Å². The number of carboxylic acids is 1. The van der Waals surface area contributed by atoms with Crippen LogP contribution in [0.1, 0.15) is 90.4 Å². The predicted molar refractivity (Wildman–Crippen MR) is 90.8 cm³/mol. The molecule has 24 heavy (non-hydrogen) atoms. The first-order valence-corrected chi connectivity index (χ1v) is 9.12. The van der Waals surface area contributed by atoms with E-state index < -0.39 is 11.9 Å². The van der Waals surface area contributed by atoms with Gasteiger partial charge in [-0.2, -0.15) is 0 Å². The van der Waals surface area contributed by atoms with E-state index in [1.807, 2.05) is 0 Å².